The second kappa shape index (κ2) is 9.09. The quantitative estimate of drug-likeness (QED) is 0.600. The van der Waals surface area contributed by atoms with Gasteiger partial charge in [-0.2, -0.15) is 0 Å². The first kappa shape index (κ1) is 17.2. The molecule has 0 aliphatic rings. The Kier molecular flexibility index (Phi) is 6.79. The average Bonchev–Trinajstić information content (AvgIpc) is 2.55. The molecule has 2 aromatic rings. The predicted molar refractivity (Wildman–Crippen MR) is 94.1 cm³/mol. The van der Waals surface area contributed by atoms with E-state index in [2.05, 4.69) is 6.92 Å². The zero-order chi connectivity index (χ0) is 16.5. The average molecular weight is 314 g/mol. The van der Waals surface area contributed by atoms with Gasteiger partial charge < -0.3 is 14.9 Å². The van der Waals surface area contributed by atoms with Crippen LogP contribution in [0.4, 0.5) is 0 Å². The van der Waals surface area contributed by atoms with Crippen LogP contribution in [0, 0.1) is 0 Å². The molecule has 0 aliphatic carbocycles. The molecule has 2 aromatic carbocycles. The first-order chi connectivity index (χ1) is 11.2. The summed E-state index contributed by atoms with van der Waals surface area (Å²) in [6.07, 6.45) is 7.39. The van der Waals surface area contributed by atoms with Crippen molar-refractivity contribution in [3.05, 3.63) is 42.5 Å². The number of hydrogen-bond donors (Lipinski definition) is 2. The molecule has 0 amide bonds. The topological polar surface area (TPSA) is 49.7 Å². The van der Waals surface area contributed by atoms with Crippen LogP contribution in [0.2, 0.25) is 0 Å². The van der Waals surface area contributed by atoms with Gasteiger partial charge in [-0.05, 0) is 36.2 Å². The van der Waals surface area contributed by atoms with Gasteiger partial charge in [0.1, 0.15) is 17.2 Å². The Morgan fingerprint density at radius 3 is 2.22 bits per heavy atom. The fraction of sp³-hybridized carbons (Fsp3) is 0.400. The van der Waals surface area contributed by atoms with Crippen LogP contribution in [0.15, 0.2) is 42.5 Å². The molecule has 124 valence electrons. The number of ether oxygens (including phenoxy) is 1. The summed E-state index contributed by atoms with van der Waals surface area (Å²) in [5, 5.41) is 19.5. The number of aromatic hydroxyl groups is 2. The van der Waals surface area contributed by atoms with Crippen molar-refractivity contribution >= 4 is 0 Å². The molecule has 0 atom stereocenters. The Bertz CT molecular complexity index is 590. The summed E-state index contributed by atoms with van der Waals surface area (Å²) in [4.78, 5) is 0. The lowest BCUT2D eigenvalue weighted by Crippen LogP contribution is -1.97. The van der Waals surface area contributed by atoms with E-state index in [-0.39, 0.29) is 11.5 Å². The minimum atomic E-state index is 0.191. The summed E-state index contributed by atoms with van der Waals surface area (Å²) in [5.41, 5.74) is 1.60. The Morgan fingerprint density at radius 1 is 0.826 bits per heavy atom. The third-order valence-electron chi connectivity index (χ3n) is 3.91. The smallest absolute Gasteiger partial charge is 0.127 e. The molecule has 0 radical (unpaired) electrons. The standard InChI is InChI=1S/C20H26O3/c1-2-3-4-5-6-7-14-23-18-12-13-19(20(22)15-18)16-8-10-17(21)11-9-16/h8-13,15,21-22H,2-7,14H2,1H3. The fourth-order valence-electron chi connectivity index (χ4n) is 2.56. The van der Waals surface area contributed by atoms with E-state index in [0.29, 0.717) is 12.4 Å². The molecule has 0 saturated heterocycles. The summed E-state index contributed by atoms with van der Waals surface area (Å²) >= 11 is 0. The number of rotatable bonds is 9. The Hall–Kier alpha value is -2.16. The van der Waals surface area contributed by atoms with Crippen molar-refractivity contribution in [3.8, 4) is 28.4 Å². The first-order valence-electron chi connectivity index (χ1n) is 8.46. The number of benzene rings is 2. The van der Waals surface area contributed by atoms with E-state index in [9.17, 15) is 10.2 Å². The number of hydrogen-bond acceptors (Lipinski definition) is 3. The van der Waals surface area contributed by atoms with Crippen molar-refractivity contribution in [1.29, 1.82) is 0 Å². The highest BCUT2D eigenvalue weighted by molar-refractivity contribution is 5.71. The maximum Gasteiger partial charge on any atom is 0.127 e. The van der Waals surface area contributed by atoms with Crippen LogP contribution in [0.25, 0.3) is 11.1 Å². The molecule has 0 spiro atoms. The number of phenols is 2. The molecule has 2 N–H and O–H groups in total. The molecular formula is C20H26O3. The van der Waals surface area contributed by atoms with Gasteiger partial charge in [0.2, 0.25) is 0 Å². The SMILES string of the molecule is CCCCCCCCOc1ccc(-c2ccc(O)cc2)c(O)c1. The molecule has 0 aliphatic heterocycles. The van der Waals surface area contributed by atoms with Crippen molar-refractivity contribution in [3.63, 3.8) is 0 Å². The highest BCUT2D eigenvalue weighted by atomic mass is 16.5. The van der Waals surface area contributed by atoms with Gasteiger partial charge in [-0.3, -0.25) is 0 Å². The van der Waals surface area contributed by atoms with E-state index in [0.717, 1.165) is 17.5 Å². The summed E-state index contributed by atoms with van der Waals surface area (Å²) < 4.78 is 5.70. The normalized spacial score (nSPS) is 10.7. The predicted octanol–water partition coefficient (Wildman–Crippen LogP) is 5.50. The maximum atomic E-state index is 10.2. The molecule has 0 saturated carbocycles. The van der Waals surface area contributed by atoms with E-state index in [1.165, 1.54) is 32.1 Å². The second-order valence-electron chi connectivity index (χ2n) is 5.84. The van der Waals surface area contributed by atoms with Gasteiger partial charge in [0, 0.05) is 11.6 Å². The van der Waals surface area contributed by atoms with E-state index < -0.39 is 0 Å². The molecule has 0 heterocycles. The highest BCUT2D eigenvalue weighted by Gasteiger charge is 2.06. The molecule has 23 heavy (non-hydrogen) atoms. The summed E-state index contributed by atoms with van der Waals surface area (Å²) in [6, 6.07) is 12.1. The van der Waals surface area contributed by atoms with Gasteiger partial charge in [-0.25, -0.2) is 0 Å². The van der Waals surface area contributed by atoms with Crippen molar-refractivity contribution in [2.45, 2.75) is 45.4 Å². The van der Waals surface area contributed by atoms with Gasteiger partial charge in [-0.15, -0.1) is 0 Å². The third-order valence-corrected chi connectivity index (χ3v) is 3.91. The van der Waals surface area contributed by atoms with Crippen LogP contribution in [-0.4, -0.2) is 16.8 Å². The van der Waals surface area contributed by atoms with Crippen LogP contribution in [0.5, 0.6) is 17.2 Å². The molecule has 2 rings (SSSR count). The second-order valence-corrected chi connectivity index (χ2v) is 5.84. The number of phenolic OH excluding ortho intramolecular Hbond substituents is 2. The molecule has 0 aromatic heterocycles. The Labute approximate surface area is 138 Å². The lowest BCUT2D eigenvalue weighted by molar-refractivity contribution is 0.303. The maximum absolute atomic E-state index is 10.2. The molecule has 0 unspecified atom stereocenters. The Morgan fingerprint density at radius 2 is 1.52 bits per heavy atom. The summed E-state index contributed by atoms with van der Waals surface area (Å²) in [6.45, 7) is 2.90. The van der Waals surface area contributed by atoms with Gasteiger partial charge in [-0.1, -0.05) is 51.2 Å². The zero-order valence-electron chi connectivity index (χ0n) is 13.8. The molecule has 3 nitrogen and oxygen atoms in total. The van der Waals surface area contributed by atoms with Crippen LogP contribution in [0.1, 0.15) is 45.4 Å². The van der Waals surface area contributed by atoms with Crippen molar-refractivity contribution in [2.75, 3.05) is 6.61 Å². The van der Waals surface area contributed by atoms with Gasteiger partial charge in [0.25, 0.3) is 0 Å². The monoisotopic (exact) mass is 314 g/mol. The lowest BCUT2D eigenvalue weighted by Gasteiger charge is -2.10. The molecular weight excluding hydrogens is 288 g/mol. The van der Waals surface area contributed by atoms with Crippen LogP contribution < -0.4 is 4.74 Å². The minimum Gasteiger partial charge on any atom is -0.508 e. The van der Waals surface area contributed by atoms with Crippen molar-refractivity contribution < 1.29 is 14.9 Å². The fourth-order valence-corrected chi connectivity index (χ4v) is 2.56. The van der Waals surface area contributed by atoms with Gasteiger partial charge in [0.05, 0.1) is 6.61 Å². The molecule has 0 bridgehead atoms. The largest absolute Gasteiger partial charge is 0.508 e. The van der Waals surface area contributed by atoms with Crippen molar-refractivity contribution in [2.24, 2.45) is 0 Å². The van der Waals surface area contributed by atoms with Crippen LogP contribution in [0.3, 0.4) is 0 Å². The highest BCUT2D eigenvalue weighted by Crippen LogP contribution is 2.33. The van der Waals surface area contributed by atoms with Gasteiger partial charge in [0.15, 0.2) is 0 Å². The van der Waals surface area contributed by atoms with E-state index in [1.807, 2.05) is 12.1 Å². The summed E-state index contributed by atoms with van der Waals surface area (Å²) in [7, 11) is 0. The number of unbranched alkanes of at least 4 members (excludes halogenated alkanes) is 5. The summed E-state index contributed by atoms with van der Waals surface area (Å²) in [5.74, 6) is 1.10. The van der Waals surface area contributed by atoms with Crippen LogP contribution >= 0.6 is 0 Å². The van der Waals surface area contributed by atoms with E-state index >= 15 is 0 Å². The molecule has 3 heteroatoms. The zero-order valence-corrected chi connectivity index (χ0v) is 13.8. The Balaban J connectivity index is 1.83. The van der Waals surface area contributed by atoms with Gasteiger partial charge >= 0.3 is 0 Å². The minimum absolute atomic E-state index is 0.191. The lowest BCUT2D eigenvalue weighted by atomic mass is 10.0. The van der Waals surface area contributed by atoms with Crippen LogP contribution in [-0.2, 0) is 0 Å². The third kappa shape index (κ3) is 5.51. The van der Waals surface area contributed by atoms with E-state index in [4.69, 9.17) is 4.74 Å². The molecule has 0 fully saturated rings. The van der Waals surface area contributed by atoms with E-state index in [1.54, 1.807) is 30.3 Å². The first-order valence-corrected chi connectivity index (χ1v) is 8.46. The van der Waals surface area contributed by atoms with Crippen molar-refractivity contribution in [1.82, 2.24) is 0 Å².